The summed E-state index contributed by atoms with van der Waals surface area (Å²) < 4.78 is 13.0. The van der Waals surface area contributed by atoms with Crippen molar-refractivity contribution < 1.29 is 9.18 Å². The molecule has 5 nitrogen and oxygen atoms in total. The van der Waals surface area contributed by atoms with Gasteiger partial charge in [0.2, 0.25) is 0 Å². The van der Waals surface area contributed by atoms with E-state index in [2.05, 4.69) is 15.2 Å². The molecule has 1 aliphatic heterocycles. The zero-order valence-corrected chi connectivity index (χ0v) is 13.0. The first-order chi connectivity index (χ1) is 11.7. The summed E-state index contributed by atoms with van der Waals surface area (Å²) in [5, 5.41) is 7.42. The monoisotopic (exact) mass is 324 g/mol. The zero-order valence-electron chi connectivity index (χ0n) is 13.0. The van der Waals surface area contributed by atoms with E-state index in [9.17, 15) is 9.18 Å². The van der Waals surface area contributed by atoms with Crippen molar-refractivity contribution in [2.75, 3.05) is 13.1 Å². The van der Waals surface area contributed by atoms with Gasteiger partial charge in [0, 0.05) is 36.5 Å². The lowest BCUT2D eigenvalue weighted by molar-refractivity contribution is 0.0790. The number of nitrogens with one attached hydrogen (secondary N) is 2. The van der Waals surface area contributed by atoms with Gasteiger partial charge in [0.05, 0.1) is 5.69 Å². The number of nitrogens with zero attached hydrogens (tertiary/aromatic N) is 2. The summed E-state index contributed by atoms with van der Waals surface area (Å²) >= 11 is 0. The lowest BCUT2D eigenvalue weighted by Crippen LogP contribution is -2.28. The quantitative estimate of drug-likeness (QED) is 0.777. The average molecular weight is 324 g/mol. The van der Waals surface area contributed by atoms with Crippen LogP contribution in [0.2, 0.25) is 0 Å². The summed E-state index contributed by atoms with van der Waals surface area (Å²) in [6.45, 7) is 1.33. The minimum absolute atomic E-state index is 0.0541. The van der Waals surface area contributed by atoms with Crippen LogP contribution in [0.4, 0.5) is 4.39 Å². The SMILES string of the molecule is O=C(c1ccc(F)cc1)N1CCC(c2cc(-c3ccc[nH]3)n[nH]2)C1. The zero-order chi connectivity index (χ0) is 16.5. The molecule has 1 aromatic carbocycles. The molecule has 1 amide bonds. The molecule has 122 valence electrons. The van der Waals surface area contributed by atoms with Crippen LogP contribution in [0.25, 0.3) is 11.4 Å². The minimum Gasteiger partial charge on any atom is -0.360 e. The molecule has 0 aliphatic carbocycles. The third kappa shape index (κ3) is 2.71. The summed E-state index contributed by atoms with van der Waals surface area (Å²) in [4.78, 5) is 17.4. The van der Waals surface area contributed by atoms with Crippen LogP contribution in [0.1, 0.15) is 28.4 Å². The molecule has 6 heteroatoms. The van der Waals surface area contributed by atoms with Crippen molar-refractivity contribution in [3.8, 4) is 11.4 Å². The maximum absolute atomic E-state index is 13.0. The Morgan fingerprint density at radius 3 is 2.83 bits per heavy atom. The molecule has 24 heavy (non-hydrogen) atoms. The highest BCUT2D eigenvalue weighted by molar-refractivity contribution is 5.94. The molecule has 0 spiro atoms. The highest BCUT2D eigenvalue weighted by Crippen LogP contribution is 2.29. The van der Waals surface area contributed by atoms with E-state index in [4.69, 9.17) is 0 Å². The van der Waals surface area contributed by atoms with Crippen LogP contribution >= 0.6 is 0 Å². The smallest absolute Gasteiger partial charge is 0.253 e. The molecular weight excluding hydrogens is 307 g/mol. The summed E-state index contributed by atoms with van der Waals surface area (Å²) in [6.07, 6.45) is 2.75. The Bertz CT molecular complexity index is 838. The Morgan fingerprint density at radius 1 is 1.25 bits per heavy atom. The number of hydrogen-bond donors (Lipinski definition) is 2. The first-order valence-electron chi connectivity index (χ1n) is 7.94. The number of benzene rings is 1. The fourth-order valence-electron chi connectivity index (χ4n) is 3.15. The first kappa shape index (κ1) is 14.7. The molecule has 4 rings (SSSR count). The standard InChI is InChI=1S/C18H17FN4O/c19-14-5-3-12(4-6-14)18(24)23-9-7-13(11-23)16-10-17(22-21-16)15-2-1-8-20-15/h1-6,8,10,13,20H,7,9,11H2,(H,21,22). The van der Waals surface area contributed by atoms with Gasteiger partial charge in [0.25, 0.3) is 5.91 Å². The van der Waals surface area contributed by atoms with Crippen molar-refractivity contribution in [2.45, 2.75) is 12.3 Å². The van der Waals surface area contributed by atoms with Crippen molar-refractivity contribution in [1.29, 1.82) is 0 Å². The number of carbonyl (C=O) groups excluding carboxylic acids is 1. The van der Waals surface area contributed by atoms with Gasteiger partial charge >= 0.3 is 0 Å². The molecule has 3 heterocycles. The van der Waals surface area contributed by atoms with Gasteiger partial charge < -0.3 is 9.88 Å². The lowest BCUT2D eigenvalue weighted by Gasteiger charge is -2.16. The first-order valence-corrected chi connectivity index (χ1v) is 7.94. The van der Waals surface area contributed by atoms with Gasteiger partial charge in [-0.15, -0.1) is 0 Å². The Balaban J connectivity index is 1.46. The maximum Gasteiger partial charge on any atom is 0.253 e. The normalized spacial score (nSPS) is 17.4. The number of hydrogen-bond acceptors (Lipinski definition) is 2. The number of rotatable bonds is 3. The highest BCUT2D eigenvalue weighted by Gasteiger charge is 2.29. The molecule has 1 unspecified atom stereocenters. The van der Waals surface area contributed by atoms with Crippen molar-refractivity contribution in [1.82, 2.24) is 20.1 Å². The number of likely N-dealkylation sites (tertiary alicyclic amines) is 1. The van der Waals surface area contributed by atoms with Gasteiger partial charge in [0.1, 0.15) is 11.5 Å². The minimum atomic E-state index is -0.333. The van der Waals surface area contributed by atoms with E-state index >= 15 is 0 Å². The molecule has 0 bridgehead atoms. The number of aromatic amines is 2. The van der Waals surface area contributed by atoms with E-state index in [1.165, 1.54) is 24.3 Å². The van der Waals surface area contributed by atoms with Crippen LogP contribution in [0.15, 0.2) is 48.7 Å². The van der Waals surface area contributed by atoms with Crippen LogP contribution in [-0.2, 0) is 0 Å². The van der Waals surface area contributed by atoms with Crippen molar-refractivity contribution in [2.24, 2.45) is 0 Å². The van der Waals surface area contributed by atoms with Crippen LogP contribution in [0, 0.1) is 5.82 Å². The van der Waals surface area contributed by atoms with E-state index in [1.54, 1.807) is 0 Å². The molecule has 0 saturated carbocycles. The molecule has 1 aliphatic rings. The molecule has 0 radical (unpaired) electrons. The van der Waals surface area contributed by atoms with Gasteiger partial charge in [0.15, 0.2) is 0 Å². The van der Waals surface area contributed by atoms with Gasteiger partial charge in [-0.2, -0.15) is 5.10 Å². The predicted octanol–water partition coefficient (Wildman–Crippen LogP) is 3.17. The molecule has 3 aromatic rings. The Hall–Kier alpha value is -2.89. The summed E-state index contributed by atoms with van der Waals surface area (Å²) in [5.74, 6) is -0.146. The van der Waals surface area contributed by atoms with Crippen molar-refractivity contribution >= 4 is 5.91 Å². The van der Waals surface area contributed by atoms with E-state index in [0.29, 0.717) is 18.7 Å². The van der Waals surface area contributed by atoms with Crippen LogP contribution in [-0.4, -0.2) is 39.1 Å². The van der Waals surface area contributed by atoms with E-state index in [-0.39, 0.29) is 17.6 Å². The molecular formula is C18H17FN4O. The second-order valence-corrected chi connectivity index (χ2v) is 6.04. The molecule has 2 aromatic heterocycles. The second kappa shape index (κ2) is 5.96. The van der Waals surface area contributed by atoms with E-state index in [0.717, 1.165) is 23.5 Å². The Morgan fingerprint density at radius 2 is 2.08 bits per heavy atom. The third-order valence-electron chi connectivity index (χ3n) is 4.48. The van der Waals surface area contributed by atoms with Crippen LogP contribution < -0.4 is 0 Å². The summed E-state index contributed by atoms with van der Waals surface area (Å²) in [6, 6.07) is 11.6. The number of aromatic nitrogens is 3. The number of halogens is 1. The van der Waals surface area contributed by atoms with E-state index < -0.39 is 0 Å². The van der Waals surface area contributed by atoms with Gasteiger partial charge in [-0.05, 0) is 48.9 Å². The molecule has 2 N–H and O–H groups in total. The van der Waals surface area contributed by atoms with Crippen LogP contribution in [0.3, 0.4) is 0 Å². The Labute approximate surface area is 138 Å². The number of amides is 1. The third-order valence-corrected chi connectivity index (χ3v) is 4.48. The topological polar surface area (TPSA) is 64.8 Å². The predicted molar refractivity (Wildman–Crippen MR) is 88.0 cm³/mol. The van der Waals surface area contributed by atoms with Gasteiger partial charge in [-0.1, -0.05) is 0 Å². The van der Waals surface area contributed by atoms with Crippen molar-refractivity contribution in [3.63, 3.8) is 0 Å². The fourth-order valence-corrected chi connectivity index (χ4v) is 3.15. The van der Waals surface area contributed by atoms with Gasteiger partial charge in [-0.3, -0.25) is 9.89 Å². The average Bonchev–Trinajstić information content (AvgIpc) is 3.33. The highest BCUT2D eigenvalue weighted by atomic mass is 19.1. The maximum atomic E-state index is 13.0. The fraction of sp³-hybridized carbons (Fsp3) is 0.222. The van der Waals surface area contributed by atoms with Crippen LogP contribution in [0.5, 0.6) is 0 Å². The second-order valence-electron chi connectivity index (χ2n) is 6.04. The number of H-pyrrole nitrogens is 2. The summed E-state index contributed by atoms with van der Waals surface area (Å²) in [7, 11) is 0. The largest absolute Gasteiger partial charge is 0.360 e. The molecule has 1 fully saturated rings. The molecule has 1 atom stereocenters. The van der Waals surface area contributed by atoms with Gasteiger partial charge in [-0.25, -0.2) is 4.39 Å². The number of carbonyl (C=O) groups is 1. The summed E-state index contributed by atoms with van der Waals surface area (Å²) in [5.41, 5.74) is 3.40. The Kier molecular flexibility index (Phi) is 3.65. The van der Waals surface area contributed by atoms with Crippen molar-refractivity contribution in [3.05, 3.63) is 65.7 Å². The lowest BCUT2D eigenvalue weighted by atomic mass is 10.0. The molecule has 1 saturated heterocycles. The van der Waals surface area contributed by atoms with E-state index in [1.807, 2.05) is 29.3 Å².